The van der Waals surface area contributed by atoms with Crippen molar-refractivity contribution < 1.29 is 18.3 Å². The SMILES string of the molecule is O=C(CN1CCC2CCCCC2C1)Nc1ccccc1OC(F)F. The molecule has 132 valence electrons. The Morgan fingerprint density at radius 2 is 1.96 bits per heavy atom. The lowest BCUT2D eigenvalue weighted by Gasteiger charge is -2.41. The topological polar surface area (TPSA) is 41.6 Å². The Hall–Kier alpha value is -1.69. The molecule has 1 amide bonds. The van der Waals surface area contributed by atoms with Crippen LogP contribution in [-0.4, -0.2) is 37.1 Å². The van der Waals surface area contributed by atoms with Gasteiger partial charge >= 0.3 is 6.61 Å². The summed E-state index contributed by atoms with van der Waals surface area (Å²) in [5.74, 6) is 1.33. The van der Waals surface area contributed by atoms with Crippen molar-refractivity contribution in [2.45, 2.75) is 38.7 Å². The van der Waals surface area contributed by atoms with E-state index in [-0.39, 0.29) is 17.3 Å². The summed E-state index contributed by atoms with van der Waals surface area (Å²) in [5.41, 5.74) is 0.287. The number of alkyl halides is 2. The number of carbonyl (C=O) groups excluding carboxylic acids is 1. The summed E-state index contributed by atoms with van der Waals surface area (Å²) >= 11 is 0. The highest BCUT2D eigenvalue weighted by atomic mass is 19.3. The maximum Gasteiger partial charge on any atom is 0.387 e. The summed E-state index contributed by atoms with van der Waals surface area (Å²) in [4.78, 5) is 14.5. The predicted molar refractivity (Wildman–Crippen MR) is 88.2 cm³/mol. The Morgan fingerprint density at radius 3 is 2.75 bits per heavy atom. The number of rotatable bonds is 5. The number of ether oxygens (including phenoxy) is 1. The first-order valence-electron chi connectivity index (χ1n) is 8.68. The van der Waals surface area contributed by atoms with Crippen molar-refractivity contribution in [2.24, 2.45) is 11.8 Å². The Kier molecular flexibility index (Phi) is 5.66. The van der Waals surface area contributed by atoms with Crippen molar-refractivity contribution in [1.29, 1.82) is 0 Å². The van der Waals surface area contributed by atoms with Gasteiger partial charge in [0.15, 0.2) is 0 Å². The second-order valence-corrected chi connectivity index (χ2v) is 6.75. The van der Waals surface area contributed by atoms with Gasteiger partial charge < -0.3 is 10.1 Å². The maximum absolute atomic E-state index is 12.4. The summed E-state index contributed by atoms with van der Waals surface area (Å²) in [5, 5.41) is 2.70. The number of nitrogens with zero attached hydrogens (tertiary/aromatic N) is 1. The van der Waals surface area contributed by atoms with E-state index < -0.39 is 6.61 Å². The molecule has 1 aromatic rings. The van der Waals surface area contributed by atoms with Crippen LogP contribution in [0.3, 0.4) is 0 Å². The number of hydrogen-bond donors (Lipinski definition) is 1. The van der Waals surface area contributed by atoms with E-state index in [2.05, 4.69) is 15.0 Å². The minimum absolute atomic E-state index is 0.00756. The van der Waals surface area contributed by atoms with Gasteiger partial charge in [0.25, 0.3) is 0 Å². The molecule has 1 aliphatic heterocycles. The van der Waals surface area contributed by atoms with Gasteiger partial charge in [0, 0.05) is 6.54 Å². The van der Waals surface area contributed by atoms with Crippen molar-refractivity contribution in [3.05, 3.63) is 24.3 Å². The third-order valence-electron chi connectivity index (χ3n) is 5.12. The van der Waals surface area contributed by atoms with E-state index in [0.29, 0.717) is 12.5 Å². The molecule has 0 aromatic heterocycles. The number of fused-ring (bicyclic) bond motifs is 1. The lowest BCUT2D eigenvalue weighted by molar-refractivity contribution is -0.118. The second kappa shape index (κ2) is 7.92. The van der Waals surface area contributed by atoms with Gasteiger partial charge in [-0.25, -0.2) is 0 Å². The molecule has 1 saturated heterocycles. The molecule has 1 saturated carbocycles. The van der Waals surface area contributed by atoms with Gasteiger partial charge in [-0.3, -0.25) is 9.69 Å². The van der Waals surface area contributed by atoms with E-state index in [1.54, 1.807) is 18.2 Å². The molecule has 2 fully saturated rings. The van der Waals surface area contributed by atoms with Crippen LogP contribution in [-0.2, 0) is 4.79 Å². The zero-order valence-corrected chi connectivity index (χ0v) is 13.7. The highest BCUT2D eigenvalue weighted by Gasteiger charge is 2.31. The van der Waals surface area contributed by atoms with E-state index >= 15 is 0 Å². The molecule has 0 spiro atoms. The van der Waals surface area contributed by atoms with Gasteiger partial charge in [-0.1, -0.05) is 31.4 Å². The Bertz CT molecular complexity index is 568. The molecule has 24 heavy (non-hydrogen) atoms. The smallest absolute Gasteiger partial charge is 0.387 e. The number of piperidine rings is 1. The third-order valence-corrected chi connectivity index (χ3v) is 5.12. The molecule has 6 heteroatoms. The number of para-hydroxylation sites is 2. The molecule has 1 heterocycles. The monoisotopic (exact) mass is 338 g/mol. The van der Waals surface area contributed by atoms with Crippen LogP contribution in [0.25, 0.3) is 0 Å². The lowest BCUT2D eigenvalue weighted by Crippen LogP contribution is -2.44. The van der Waals surface area contributed by atoms with E-state index in [1.165, 1.54) is 31.7 Å². The molecular weight excluding hydrogens is 314 g/mol. The van der Waals surface area contributed by atoms with Crippen LogP contribution >= 0.6 is 0 Å². The quantitative estimate of drug-likeness (QED) is 0.889. The number of anilines is 1. The van der Waals surface area contributed by atoms with Crippen molar-refractivity contribution in [3.8, 4) is 5.75 Å². The molecule has 1 aliphatic carbocycles. The van der Waals surface area contributed by atoms with Gasteiger partial charge in [-0.15, -0.1) is 0 Å². The molecule has 2 atom stereocenters. The predicted octanol–water partition coefficient (Wildman–Crippen LogP) is 3.74. The van der Waals surface area contributed by atoms with E-state index in [4.69, 9.17) is 0 Å². The lowest BCUT2D eigenvalue weighted by atomic mass is 9.75. The Labute approximate surface area is 141 Å². The summed E-state index contributed by atoms with van der Waals surface area (Å²) in [6, 6.07) is 6.28. The number of hydrogen-bond acceptors (Lipinski definition) is 3. The molecule has 2 unspecified atom stereocenters. The summed E-state index contributed by atoms with van der Waals surface area (Å²) in [7, 11) is 0. The average Bonchev–Trinajstić information content (AvgIpc) is 2.56. The number of benzene rings is 1. The highest BCUT2D eigenvalue weighted by molar-refractivity contribution is 5.93. The van der Waals surface area contributed by atoms with E-state index in [1.807, 2.05) is 0 Å². The fourth-order valence-corrected chi connectivity index (χ4v) is 3.98. The Morgan fingerprint density at radius 1 is 1.21 bits per heavy atom. The third kappa shape index (κ3) is 4.44. The maximum atomic E-state index is 12.4. The largest absolute Gasteiger partial charge is 0.433 e. The molecule has 1 aromatic carbocycles. The molecule has 0 radical (unpaired) electrons. The van der Waals surface area contributed by atoms with Gasteiger partial charge in [-0.05, 0) is 43.4 Å². The van der Waals surface area contributed by atoms with Crippen LogP contribution in [0.4, 0.5) is 14.5 Å². The first kappa shape index (κ1) is 17.1. The normalized spacial score (nSPS) is 24.5. The van der Waals surface area contributed by atoms with E-state index in [0.717, 1.165) is 25.4 Å². The molecule has 3 rings (SSSR count). The second-order valence-electron chi connectivity index (χ2n) is 6.75. The minimum atomic E-state index is -2.91. The number of amides is 1. The zero-order chi connectivity index (χ0) is 16.9. The van der Waals surface area contributed by atoms with Crippen LogP contribution in [0.5, 0.6) is 5.75 Å². The summed E-state index contributed by atoms with van der Waals surface area (Å²) in [6.45, 7) is -0.711. The number of carbonyl (C=O) groups is 1. The number of nitrogens with one attached hydrogen (secondary N) is 1. The first-order chi connectivity index (χ1) is 11.6. The average molecular weight is 338 g/mol. The van der Waals surface area contributed by atoms with Crippen molar-refractivity contribution in [2.75, 3.05) is 25.0 Å². The molecule has 2 aliphatic rings. The van der Waals surface area contributed by atoms with E-state index in [9.17, 15) is 13.6 Å². The van der Waals surface area contributed by atoms with Crippen LogP contribution in [0.2, 0.25) is 0 Å². The van der Waals surface area contributed by atoms with Crippen LogP contribution in [0.1, 0.15) is 32.1 Å². The van der Waals surface area contributed by atoms with Gasteiger partial charge in [0.2, 0.25) is 5.91 Å². The number of likely N-dealkylation sites (tertiary alicyclic amines) is 1. The van der Waals surface area contributed by atoms with Crippen LogP contribution < -0.4 is 10.1 Å². The summed E-state index contributed by atoms with van der Waals surface area (Å²) < 4.78 is 29.3. The van der Waals surface area contributed by atoms with Crippen LogP contribution in [0, 0.1) is 11.8 Å². The fraction of sp³-hybridized carbons (Fsp3) is 0.611. The van der Waals surface area contributed by atoms with Crippen molar-refractivity contribution >= 4 is 11.6 Å². The molecule has 4 nitrogen and oxygen atoms in total. The van der Waals surface area contributed by atoms with Gasteiger partial charge in [0.1, 0.15) is 5.75 Å². The summed E-state index contributed by atoms with van der Waals surface area (Å²) in [6.07, 6.45) is 6.36. The molecule has 0 bridgehead atoms. The standard InChI is InChI=1S/C18H24F2N2O2/c19-18(20)24-16-8-4-3-7-15(16)21-17(23)12-22-10-9-13-5-1-2-6-14(13)11-22/h3-4,7-8,13-14,18H,1-2,5-6,9-12H2,(H,21,23). The first-order valence-corrected chi connectivity index (χ1v) is 8.68. The number of halogens is 2. The van der Waals surface area contributed by atoms with Crippen molar-refractivity contribution in [1.82, 2.24) is 4.90 Å². The highest BCUT2D eigenvalue weighted by Crippen LogP contribution is 2.36. The zero-order valence-electron chi connectivity index (χ0n) is 13.7. The van der Waals surface area contributed by atoms with Gasteiger partial charge in [-0.2, -0.15) is 8.78 Å². The minimum Gasteiger partial charge on any atom is -0.433 e. The molecular formula is C18H24F2N2O2. The van der Waals surface area contributed by atoms with Gasteiger partial charge in [0.05, 0.1) is 12.2 Å². The Balaban J connectivity index is 1.54. The fourth-order valence-electron chi connectivity index (χ4n) is 3.98. The van der Waals surface area contributed by atoms with Crippen LogP contribution in [0.15, 0.2) is 24.3 Å². The van der Waals surface area contributed by atoms with Crippen molar-refractivity contribution in [3.63, 3.8) is 0 Å². The molecule has 1 N–H and O–H groups in total.